The maximum atomic E-state index is 14.1. The van der Waals surface area contributed by atoms with Gasteiger partial charge in [-0.3, -0.25) is 9.63 Å². The molecular weight excluding hydrogens is 383 g/mol. The molecule has 0 aliphatic heterocycles. The highest BCUT2D eigenvalue weighted by Gasteiger charge is 2.20. The number of carbonyl (C=O) groups excluding carboxylic acids is 1. The maximum Gasteiger partial charge on any atom is 0.332 e. The van der Waals surface area contributed by atoms with E-state index in [1.165, 1.54) is 12.3 Å². The molecule has 0 fully saturated rings. The van der Waals surface area contributed by atoms with Crippen molar-refractivity contribution in [2.75, 3.05) is 11.9 Å². The van der Waals surface area contributed by atoms with E-state index in [0.29, 0.717) is 0 Å². The first-order valence-electron chi connectivity index (χ1n) is 6.49. The monoisotopic (exact) mass is 391 g/mol. The molecule has 2 aromatic rings. The predicted octanol–water partition coefficient (Wildman–Crippen LogP) is 3.16. The Bertz CT molecular complexity index is 836. The Labute approximate surface area is 149 Å². The number of nitrogens with one attached hydrogen (secondary N) is 2. The van der Waals surface area contributed by atoms with Crippen molar-refractivity contribution in [2.45, 2.75) is 0 Å². The molecule has 1 heterocycles. The molecule has 2 rings (SSSR count). The molecule has 0 atom stereocenters. The van der Waals surface area contributed by atoms with Gasteiger partial charge in [0.1, 0.15) is 5.82 Å². The van der Waals surface area contributed by atoms with Crippen LogP contribution in [0.1, 0.15) is 10.4 Å². The summed E-state index contributed by atoms with van der Waals surface area (Å²) in [4.78, 5) is 30.6. The first kappa shape index (κ1) is 18.8. The van der Waals surface area contributed by atoms with Crippen LogP contribution in [0.5, 0.6) is 0 Å². The molecule has 0 radical (unpaired) electrons. The number of aliphatic carboxylic acids is 1. The van der Waals surface area contributed by atoms with Gasteiger partial charge in [0.25, 0.3) is 5.91 Å². The van der Waals surface area contributed by atoms with Crippen molar-refractivity contribution in [3.8, 4) is 0 Å². The average Bonchev–Trinajstić information content (AvgIpc) is 2.53. The SMILES string of the molecule is O=C(O)CONC(=O)c1ccc(F)c(F)c1Nc1ncc(Cl)cc1Cl. The lowest BCUT2D eigenvalue weighted by molar-refractivity contribution is -0.144. The molecular formula is C14H9Cl2F2N3O4. The number of carboxylic acids is 1. The van der Waals surface area contributed by atoms with E-state index in [4.69, 9.17) is 28.3 Å². The van der Waals surface area contributed by atoms with Gasteiger partial charge in [0.05, 0.1) is 21.3 Å². The summed E-state index contributed by atoms with van der Waals surface area (Å²) in [6, 6.07) is 3.01. The summed E-state index contributed by atoms with van der Waals surface area (Å²) in [6.45, 7) is -0.817. The Morgan fingerprint density at radius 2 is 2.00 bits per heavy atom. The molecule has 0 spiro atoms. The van der Waals surface area contributed by atoms with Gasteiger partial charge in [0.2, 0.25) is 0 Å². The molecule has 3 N–H and O–H groups in total. The number of hydrogen-bond donors (Lipinski definition) is 3. The van der Waals surface area contributed by atoms with Crippen molar-refractivity contribution in [2.24, 2.45) is 0 Å². The second-order valence-corrected chi connectivity index (χ2v) is 5.35. The standard InChI is InChI=1S/C14H9Cl2F2N3O4/c15-6-3-8(16)13(19-4-6)20-12-7(1-2-9(17)11(12)18)14(24)21-25-5-10(22)23/h1-4H,5H2,(H,19,20)(H,21,24)(H,22,23). The molecule has 0 aliphatic rings. The zero-order chi connectivity index (χ0) is 18.6. The van der Waals surface area contributed by atoms with E-state index in [9.17, 15) is 18.4 Å². The van der Waals surface area contributed by atoms with E-state index < -0.39 is 35.8 Å². The lowest BCUT2D eigenvalue weighted by Crippen LogP contribution is -2.27. The quantitative estimate of drug-likeness (QED) is 0.653. The molecule has 0 saturated carbocycles. The van der Waals surface area contributed by atoms with Crippen molar-refractivity contribution < 1.29 is 28.3 Å². The van der Waals surface area contributed by atoms with Crippen LogP contribution in [-0.4, -0.2) is 28.6 Å². The Balaban J connectivity index is 2.33. The molecule has 0 unspecified atom stereocenters. The number of rotatable bonds is 6. The van der Waals surface area contributed by atoms with Crippen LogP contribution in [0.4, 0.5) is 20.3 Å². The van der Waals surface area contributed by atoms with Crippen molar-refractivity contribution in [1.82, 2.24) is 10.5 Å². The van der Waals surface area contributed by atoms with E-state index in [0.717, 1.165) is 12.1 Å². The van der Waals surface area contributed by atoms with Crippen LogP contribution in [0.3, 0.4) is 0 Å². The largest absolute Gasteiger partial charge is 0.479 e. The average molecular weight is 392 g/mol. The predicted molar refractivity (Wildman–Crippen MR) is 85.0 cm³/mol. The van der Waals surface area contributed by atoms with Gasteiger partial charge in [-0.1, -0.05) is 23.2 Å². The number of halogens is 4. The maximum absolute atomic E-state index is 14.1. The molecule has 1 aromatic heterocycles. The van der Waals surface area contributed by atoms with E-state index in [1.54, 1.807) is 5.48 Å². The summed E-state index contributed by atoms with van der Waals surface area (Å²) in [5, 5.41) is 11.1. The minimum absolute atomic E-state index is 0.00430. The Morgan fingerprint density at radius 3 is 2.64 bits per heavy atom. The van der Waals surface area contributed by atoms with Crippen LogP contribution >= 0.6 is 23.2 Å². The number of carboxylic acid groups (broad SMARTS) is 1. The van der Waals surface area contributed by atoms with Crippen molar-refractivity contribution in [1.29, 1.82) is 0 Å². The van der Waals surface area contributed by atoms with Gasteiger partial charge in [-0.15, -0.1) is 0 Å². The second kappa shape index (κ2) is 8.06. The molecule has 0 aliphatic carbocycles. The van der Waals surface area contributed by atoms with E-state index in [1.807, 2.05) is 0 Å². The number of hydroxylamine groups is 1. The third kappa shape index (κ3) is 4.75. The topological polar surface area (TPSA) is 101 Å². The highest BCUT2D eigenvalue weighted by Crippen LogP contribution is 2.30. The zero-order valence-corrected chi connectivity index (χ0v) is 13.7. The van der Waals surface area contributed by atoms with Gasteiger partial charge in [-0.25, -0.2) is 24.0 Å². The van der Waals surface area contributed by atoms with Gasteiger partial charge in [0.15, 0.2) is 18.2 Å². The summed E-state index contributed by atoms with van der Waals surface area (Å²) in [5.74, 6) is -5.00. The zero-order valence-electron chi connectivity index (χ0n) is 12.1. The number of aromatic nitrogens is 1. The van der Waals surface area contributed by atoms with Crippen LogP contribution in [0, 0.1) is 11.6 Å². The number of hydrogen-bond acceptors (Lipinski definition) is 5. The third-order valence-corrected chi connectivity index (χ3v) is 3.25. The van der Waals surface area contributed by atoms with E-state index in [2.05, 4.69) is 15.1 Å². The minimum atomic E-state index is -1.36. The van der Waals surface area contributed by atoms with Crippen LogP contribution in [-0.2, 0) is 9.63 Å². The van der Waals surface area contributed by atoms with Crippen LogP contribution in [0.2, 0.25) is 10.0 Å². The Morgan fingerprint density at radius 1 is 1.28 bits per heavy atom. The smallest absolute Gasteiger partial charge is 0.332 e. The summed E-state index contributed by atoms with van der Waals surface area (Å²) in [5.41, 5.74) is 0.878. The fraction of sp³-hybridized carbons (Fsp3) is 0.0714. The third-order valence-electron chi connectivity index (χ3n) is 2.75. The highest BCUT2D eigenvalue weighted by atomic mass is 35.5. The number of amides is 1. The number of anilines is 2. The van der Waals surface area contributed by atoms with Gasteiger partial charge >= 0.3 is 5.97 Å². The van der Waals surface area contributed by atoms with Crippen molar-refractivity contribution in [3.63, 3.8) is 0 Å². The lowest BCUT2D eigenvalue weighted by Gasteiger charge is -2.13. The van der Waals surface area contributed by atoms with Crippen LogP contribution in [0.25, 0.3) is 0 Å². The number of carbonyl (C=O) groups is 2. The molecule has 7 nitrogen and oxygen atoms in total. The minimum Gasteiger partial charge on any atom is -0.479 e. The Hall–Kier alpha value is -2.49. The molecule has 11 heteroatoms. The van der Waals surface area contributed by atoms with Gasteiger partial charge in [0, 0.05) is 6.20 Å². The van der Waals surface area contributed by atoms with Gasteiger partial charge < -0.3 is 10.4 Å². The van der Waals surface area contributed by atoms with E-state index in [-0.39, 0.29) is 21.4 Å². The molecule has 25 heavy (non-hydrogen) atoms. The number of benzene rings is 1. The van der Waals surface area contributed by atoms with Gasteiger partial charge in [-0.05, 0) is 18.2 Å². The molecule has 0 saturated heterocycles. The normalized spacial score (nSPS) is 10.4. The first-order chi connectivity index (χ1) is 11.8. The van der Waals surface area contributed by atoms with Crippen molar-refractivity contribution in [3.05, 3.63) is 51.6 Å². The molecule has 1 amide bonds. The summed E-state index contributed by atoms with van der Waals surface area (Å²) >= 11 is 11.6. The van der Waals surface area contributed by atoms with E-state index >= 15 is 0 Å². The second-order valence-electron chi connectivity index (χ2n) is 4.51. The highest BCUT2D eigenvalue weighted by molar-refractivity contribution is 6.36. The summed E-state index contributed by atoms with van der Waals surface area (Å²) in [6.07, 6.45) is 1.21. The van der Waals surface area contributed by atoms with Crippen LogP contribution in [0.15, 0.2) is 24.4 Å². The molecule has 0 bridgehead atoms. The van der Waals surface area contributed by atoms with Crippen LogP contribution < -0.4 is 10.8 Å². The fourth-order valence-electron chi connectivity index (χ4n) is 1.71. The Kier molecular flexibility index (Phi) is 6.07. The lowest BCUT2D eigenvalue weighted by atomic mass is 10.1. The number of nitrogens with zero attached hydrogens (tertiary/aromatic N) is 1. The first-order valence-corrected chi connectivity index (χ1v) is 7.25. The van der Waals surface area contributed by atoms with Crippen molar-refractivity contribution >= 4 is 46.6 Å². The molecule has 132 valence electrons. The van der Waals surface area contributed by atoms with Gasteiger partial charge in [-0.2, -0.15) is 0 Å². The summed E-state index contributed by atoms with van der Waals surface area (Å²) < 4.78 is 27.6. The number of pyridine rings is 1. The summed E-state index contributed by atoms with van der Waals surface area (Å²) in [7, 11) is 0. The molecule has 1 aromatic carbocycles. The fourth-order valence-corrected chi connectivity index (χ4v) is 2.13.